The zero-order chi connectivity index (χ0) is 13.4. The molecule has 0 fully saturated rings. The van der Waals surface area contributed by atoms with Gasteiger partial charge in [0.05, 0.1) is 5.56 Å². The highest BCUT2D eigenvalue weighted by Crippen LogP contribution is 2.29. The SMILES string of the molecule is C=Cc1ccc(C(=O)O)c2cc3ccccc3cc12. The maximum absolute atomic E-state index is 11.3. The largest absolute Gasteiger partial charge is 0.478 e. The molecule has 92 valence electrons. The Kier molecular flexibility index (Phi) is 2.57. The van der Waals surface area contributed by atoms with Crippen molar-refractivity contribution in [2.24, 2.45) is 0 Å². The molecule has 0 bridgehead atoms. The number of hydrogen-bond acceptors (Lipinski definition) is 1. The van der Waals surface area contributed by atoms with E-state index in [1.807, 2.05) is 36.4 Å². The first-order valence-corrected chi connectivity index (χ1v) is 6.02. The Bertz CT molecular complexity index is 816. The topological polar surface area (TPSA) is 37.3 Å². The molecule has 0 spiro atoms. The summed E-state index contributed by atoms with van der Waals surface area (Å²) in [5.41, 5.74) is 1.28. The molecule has 2 heteroatoms. The molecule has 1 N–H and O–H groups in total. The predicted octanol–water partition coefficient (Wildman–Crippen LogP) is 4.33. The lowest BCUT2D eigenvalue weighted by atomic mass is 9.96. The quantitative estimate of drug-likeness (QED) is 0.685. The van der Waals surface area contributed by atoms with Crippen LogP contribution in [0, 0.1) is 0 Å². The molecule has 0 aliphatic heterocycles. The minimum absolute atomic E-state index is 0.325. The van der Waals surface area contributed by atoms with Crippen LogP contribution in [0.15, 0.2) is 55.1 Å². The summed E-state index contributed by atoms with van der Waals surface area (Å²) >= 11 is 0. The molecule has 0 saturated heterocycles. The molecular weight excluding hydrogens is 236 g/mol. The molecule has 2 nitrogen and oxygen atoms in total. The fourth-order valence-corrected chi connectivity index (χ4v) is 2.42. The van der Waals surface area contributed by atoms with Gasteiger partial charge in [-0.25, -0.2) is 4.79 Å². The Morgan fingerprint density at radius 2 is 1.63 bits per heavy atom. The molecule has 0 amide bonds. The van der Waals surface area contributed by atoms with E-state index in [4.69, 9.17) is 0 Å². The monoisotopic (exact) mass is 248 g/mol. The Morgan fingerprint density at radius 1 is 1.00 bits per heavy atom. The van der Waals surface area contributed by atoms with Gasteiger partial charge in [-0.05, 0) is 45.3 Å². The van der Waals surface area contributed by atoms with Gasteiger partial charge < -0.3 is 5.11 Å². The second kappa shape index (κ2) is 4.25. The maximum atomic E-state index is 11.3. The van der Waals surface area contributed by atoms with E-state index in [1.165, 1.54) is 0 Å². The molecule has 3 rings (SSSR count). The maximum Gasteiger partial charge on any atom is 0.336 e. The van der Waals surface area contributed by atoms with Crippen LogP contribution in [-0.4, -0.2) is 11.1 Å². The lowest BCUT2D eigenvalue weighted by Gasteiger charge is -2.08. The molecule has 0 aliphatic carbocycles. The number of carbonyl (C=O) groups is 1. The number of aromatic carboxylic acids is 1. The van der Waals surface area contributed by atoms with Crippen LogP contribution in [0.4, 0.5) is 0 Å². The van der Waals surface area contributed by atoms with Crippen molar-refractivity contribution in [3.63, 3.8) is 0 Å². The third-order valence-electron chi connectivity index (χ3n) is 3.37. The normalized spacial score (nSPS) is 10.7. The van der Waals surface area contributed by atoms with Gasteiger partial charge in [0.2, 0.25) is 0 Å². The fourth-order valence-electron chi connectivity index (χ4n) is 2.42. The molecule has 0 heterocycles. The third-order valence-corrected chi connectivity index (χ3v) is 3.37. The Labute approximate surface area is 110 Å². The summed E-state index contributed by atoms with van der Waals surface area (Å²) in [4.78, 5) is 11.3. The van der Waals surface area contributed by atoms with Crippen molar-refractivity contribution in [3.05, 3.63) is 66.2 Å². The van der Waals surface area contributed by atoms with Gasteiger partial charge >= 0.3 is 5.97 Å². The van der Waals surface area contributed by atoms with Gasteiger partial charge in [-0.15, -0.1) is 0 Å². The van der Waals surface area contributed by atoms with Gasteiger partial charge in [-0.3, -0.25) is 0 Å². The molecule has 19 heavy (non-hydrogen) atoms. The second-order valence-electron chi connectivity index (χ2n) is 4.46. The first-order chi connectivity index (χ1) is 9.20. The van der Waals surface area contributed by atoms with Gasteiger partial charge in [0.25, 0.3) is 0 Å². The highest BCUT2D eigenvalue weighted by atomic mass is 16.4. The van der Waals surface area contributed by atoms with E-state index in [2.05, 4.69) is 6.58 Å². The second-order valence-corrected chi connectivity index (χ2v) is 4.46. The first-order valence-electron chi connectivity index (χ1n) is 6.02. The minimum atomic E-state index is -0.907. The van der Waals surface area contributed by atoms with E-state index in [0.717, 1.165) is 27.1 Å². The molecular formula is C17H12O2. The zero-order valence-corrected chi connectivity index (χ0v) is 10.3. The van der Waals surface area contributed by atoms with Crippen molar-refractivity contribution in [3.8, 4) is 0 Å². The van der Waals surface area contributed by atoms with Gasteiger partial charge in [-0.1, -0.05) is 43.0 Å². The summed E-state index contributed by atoms with van der Waals surface area (Å²) in [5.74, 6) is -0.907. The number of hydrogen-bond donors (Lipinski definition) is 1. The van der Waals surface area contributed by atoms with Crippen LogP contribution in [0.25, 0.3) is 27.6 Å². The standard InChI is InChI=1S/C17H12O2/c1-2-11-7-8-14(17(18)19)16-10-13-6-4-3-5-12(13)9-15(11)16/h2-10H,1H2,(H,18,19). The molecule has 0 atom stereocenters. The molecule has 3 aromatic carbocycles. The predicted molar refractivity (Wildman–Crippen MR) is 78.5 cm³/mol. The van der Waals surface area contributed by atoms with Crippen LogP contribution in [0.2, 0.25) is 0 Å². The van der Waals surface area contributed by atoms with Gasteiger partial charge in [0.1, 0.15) is 0 Å². The van der Waals surface area contributed by atoms with Gasteiger partial charge in [0.15, 0.2) is 0 Å². The Morgan fingerprint density at radius 3 is 2.21 bits per heavy atom. The molecule has 3 aromatic rings. The lowest BCUT2D eigenvalue weighted by molar-refractivity contribution is 0.0699. The summed E-state index contributed by atoms with van der Waals surface area (Å²) in [6.07, 6.45) is 1.75. The Balaban J connectivity index is 2.53. The smallest absolute Gasteiger partial charge is 0.336 e. The number of benzene rings is 3. The van der Waals surface area contributed by atoms with Crippen molar-refractivity contribution in [2.45, 2.75) is 0 Å². The molecule has 0 aliphatic rings. The van der Waals surface area contributed by atoms with Crippen molar-refractivity contribution in [1.82, 2.24) is 0 Å². The van der Waals surface area contributed by atoms with Crippen LogP contribution in [-0.2, 0) is 0 Å². The summed E-state index contributed by atoms with van der Waals surface area (Å²) in [7, 11) is 0. The van der Waals surface area contributed by atoms with Crippen molar-refractivity contribution < 1.29 is 9.90 Å². The van der Waals surface area contributed by atoms with Gasteiger partial charge in [0, 0.05) is 0 Å². The van der Waals surface area contributed by atoms with Gasteiger partial charge in [-0.2, -0.15) is 0 Å². The van der Waals surface area contributed by atoms with E-state index >= 15 is 0 Å². The average molecular weight is 248 g/mol. The molecule has 0 unspecified atom stereocenters. The van der Waals surface area contributed by atoms with E-state index in [9.17, 15) is 9.90 Å². The van der Waals surface area contributed by atoms with E-state index < -0.39 is 5.97 Å². The lowest BCUT2D eigenvalue weighted by Crippen LogP contribution is -1.98. The molecule has 0 aromatic heterocycles. The summed E-state index contributed by atoms with van der Waals surface area (Å²) < 4.78 is 0. The van der Waals surface area contributed by atoms with Crippen molar-refractivity contribution >= 4 is 33.6 Å². The molecule has 0 saturated carbocycles. The third kappa shape index (κ3) is 1.78. The summed E-state index contributed by atoms with van der Waals surface area (Å²) in [5, 5.41) is 13.1. The summed E-state index contributed by atoms with van der Waals surface area (Å²) in [6.45, 7) is 3.79. The fraction of sp³-hybridized carbons (Fsp3) is 0. The minimum Gasteiger partial charge on any atom is -0.478 e. The molecule has 0 radical (unpaired) electrons. The first kappa shape index (κ1) is 11.5. The van der Waals surface area contributed by atoms with Crippen LogP contribution in [0.5, 0.6) is 0 Å². The zero-order valence-electron chi connectivity index (χ0n) is 10.3. The number of fused-ring (bicyclic) bond motifs is 2. The van der Waals surface area contributed by atoms with E-state index in [-0.39, 0.29) is 0 Å². The van der Waals surface area contributed by atoms with Crippen LogP contribution in [0.1, 0.15) is 15.9 Å². The number of carboxylic acids is 1. The van der Waals surface area contributed by atoms with Crippen LogP contribution < -0.4 is 0 Å². The Hall–Kier alpha value is -2.61. The number of rotatable bonds is 2. The number of carboxylic acid groups (broad SMARTS) is 1. The highest BCUT2D eigenvalue weighted by molar-refractivity contribution is 6.10. The van der Waals surface area contributed by atoms with Crippen molar-refractivity contribution in [2.75, 3.05) is 0 Å². The van der Waals surface area contributed by atoms with Crippen LogP contribution >= 0.6 is 0 Å². The van der Waals surface area contributed by atoms with Crippen LogP contribution in [0.3, 0.4) is 0 Å². The average Bonchev–Trinajstić information content (AvgIpc) is 2.43. The summed E-state index contributed by atoms with van der Waals surface area (Å²) in [6, 6.07) is 15.3. The van der Waals surface area contributed by atoms with E-state index in [0.29, 0.717) is 5.56 Å². The highest BCUT2D eigenvalue weighted by Gasteiger charge is 2.11. The van der Waals surface area contributed by atoms with Crippen molar-refractivity contribution in [1.29, 1.82) is 0 Å². The van der Waals surface area contributed by atoms with E-state index in [1.54, 1.807) is 18.2 Å².